The first-order valence-electron chi connectivity index (χ1n) is 19.2. The molecule has 296 valence electrons. The SMILES string of the molecule is CC[C@H](C)[C@@H]1NC(=O)CNC(=O)[C@H]([C@@H](C)CC)NC(=O)[C@H](CCC(N)=O)NC(=O)[C@@H]2CCCN2C(=O)[C@@H]2CCCN2C(=O)[C@H](Cc2ccccc2)NC1=O. The first-order chi connectivity index (χ1) is 25.7. The summed E-state index contributed by atoms with van der Waals surface area (Å²) >= 11 is 0. The first-order valence-corrected chi connectivity index (χ1v) is 19.2. The average molecular weight is 753 g/mol. The van der Waals surface area contributed by atoms with E-state index in [2.05, 4.69) is 26.6 Å². The molecule has 3 fully saturated rings. The number of rotatable bonds is 9. The molecule has 0 spiro atoms. The van der Waals surface area contributed by atoms with Crippen molar-refractivity contribution in [1.29, 1.82) is 0 Å². The third kappa shape index (κ3) is 10.6. The van der Waals surface area contributed by atoms with Gasteiger partial charge in [0.1, 0.15) is 36.3 Å². The van der Waals surface area contributed by atoms with Crippen molar-refractivity contribution >= 4 is 47.3 Å². The minimum Gasteiger partial charge on any atom is -0.370 e. The first kappa shape index (κ1) is 41.7. The zero-order chi connectivity index (χ0) is 39.5. The smallest absolute Gasteiger partial charge is 0.246 e. The quantitative estimate of drug-likeness (QED) is 0.195. The van der Waals surface area contributed by atoms with Crippen molar-refractivity contribution in [1.82, 2.24) is 36.4 Å². The molecule has 0 aliphatic carbocycles. The van der Waals surface area contributed by atoms with Crippen LogP contribution in [-0.2, 0) is 44.8 Å². The molecule has 0 bridgehead atoms. The van der Waals surface area contributed by atoms with Crippen LogP contribution in [0, 0.1) is 11.8 Å². The molecule has 0 unspecified atom stereocenters. The van der Waals surface area contributed by atoms with Crippen LogP contribution in [0.1, 0.15) is 84.6 Å². The van der Waals surface area contributed by atoms with Gasteiger partial charge in [-0.1, -0.05) is 70.9 Å². The van der Waals surface area contributed by atoms with Crippen molar-refractivity contribution in [2.45, 2.75) is 122 Å². The highest BCUT2D eigenvalue weighted by Gasteiger charge is 2.44. The van der Waals surface area contributed by atoms with Crippen LogP contribution in [0.2, 0.25) is 0 Å². The second kappa shape index (κ2) is 19.3. The summed E-state index contributed by atoms with van der Waals surface area (Å²) in [7, 11) is 0. The third-order valence-corrected chi connectivity index (χ3v) is 10.9. The minimum atomic E-state index is -1.27. The van der Waals surface area contributed by atoms with E-state index < -0.39 is 96.0 Å². The van der Waals surface area contributed by atoms with Gasteiger partial charge in [-0.05, 0) is 49.5 Å². The fraction of sp³-hybridized carbons (Fsp3) is 0.632. The Labute approximate surface area is 316 Å². The molecule has 3 aliphatic heterocycles. The van der Waals surface area contributed by atoms with Crippen LogP contribution in [0.25, 0.3) is 0 Å². The number of nitrogens with zero attached hydrogens (tertiary/aromatic N) is 2. The van der Waals surface area contributed by atoms with E-state index in [9.17, 15) is 38.4 Å². The van der Waals surface area contributed by atoms with Gasteiger partial charge in [-0.25, -0.2) is 0 Å². The van der Waals surface area contributed by atoms with Gasteiger partial charge in [0.2, 0.25) is 47.3 Å². The number of nitrogens with two attached hydrogens (primary N) is 1. The monoisotopic (exact) mass is 752 g/mol. The Hall–Kier alpha value is -5.02. The Morgan fingerprint density at radius 1 is 0.722 bits per heavy atom. The van der Waals surface area contributed by atoms with Crippen LogP contribution in [0.15, 0.2) is 30.3 Å². The molecule has 7 N–H and O–H groups in total. The Morgan fingerprint density at radius 2 is 1.30 bits per heavy atom. The van der Waals surface area contributed by atoms with Crippen LogP contribution >= 0.6 is 0 Å². The predicted molar refractivity (Wildman–Crippen MR) is 198 cm³/mol. The van der Waals surface area contributed by atoms with Gasteiger partial charge < -0.3 is 42.1 Å². The molecule has 3 saturated heterocycles. The van der Waals surface area contributed by atoms with Gasteiger partial charge in [0.15, 0.2) is 0 Å². The van der Waals surface area contributed by atoms with E-state index in [0.717, 1.165) is 5.56 Å². The van der Waals surface area contributed by atoms with Crippen LogP contribution in [0.4, 0.5) is 0 Å². The lowest BCUT2D eigenvalue weighted by molar-refractivity contribution is -0.148. The fourth-order valence-electron chi connectivity index (χ4n) is 7.28. The summed E-state index contributed by atoms with van der Waals surface area (Å²) in [6.45, 7) is 7.23. The van der Waals surface area contributed by atoms with Crippen molar-refractivity contribution < 1.29 is 38.4 Å². The normalized spacial score (nSPS) is 27.7. The highest BCUT2D eigenvalue weighted by atomic mass is 16.2. The summed E-state index contributed by atoms with van der Waals surface area (Å²) in [5.74, 6) is -5.59. The topological polar surface area (TPSA) is 229 Å². The van der Waals surface area contributed by atoms with E-state index in [0.29, 0.717) is 38.5 Å². The fourth-order valence-corrected chi connectivity index (χ4v) is 7.28. The molecule has 1 aromatic rings. The van der Waals surface area contributed by atoms with E-state index >= 15 is 0 Å². The number of benzene rings is 1. The van der Waals surface area contributed by atoms with Crippen LogP contribution in [-0.4, -0.2) is 113 Å². The standard InChI is InChI=1S/C38H56N8O8/c1-5-22(3)31-35(51)40-21-30(48)43-32(23(4)6-2)36(52)42-26(20-24-12-8-7-9-13-24)37(53)46-19-11-15-28(46)38(54)45-18-10-14-27(45)34(50)41-25(33(49)44-31)16-17-29(39)47/h7-9,12-13,22-23,25-28,31-32H,5-6,10-11,14-21H2,1-4H3,(H2,39,47)(H,40,51)(H,41,50)(H,42,52)(H,43,48)(H,44,49)/t22-,23-,25-,26-,27-,28-,31-,32-/m0/s1. The molecule has 4 rings (SSSR count). The highest BCUT2D eigenvalue weighted by Crippen LogP contribution is 2.26. The number of fused-ring (bicyclic) bond motifs is 2. The second-order valence-electron chi connectivity index (χ2n) is 14.7. The predicted octanol–water partition coefficient (Wildman–Crippen LogP) is -0.362. The maximum absolute atomic E-state index is 14.4. The Morgan fingerprint density at radius 3 is 1.91 bits per heavy atom. The number of hydrogen-bond donors (Lipinski definition) is 6. The van der Waals surface area contributed by atoms with Crippen LogP contribution in [0.5, 0.6) is 0 Å². The maximum Gasteiger partial charge on any atom is 0.246 e. The molecule has 8 amide bonds. The van der Waals surface area contributed by atoms with Gasteiger partial charge in [0.25, 0.3) is 0 Å². The van der Waals surface area contributed by atoms with Gasteiger partial charge in [0, 0.05) is 25.9 Å². The van der Waals surface area contributed by atoms with E-state index in [1.54, 1.807) is 13.8 Å². The molecular weight excluding hydrogens is 696 g/mol. The summed E-state index contributed by atoms with van der Waals surface area (Å²) in [5, 5.41) is 13.5. The summed E-state index contributed by atoms with van der Waals surface area (Å²) in [6.07, 6.45) is 2.42. The molecule has 3 aliphatic rings. The van der Waals surface area contributed by atoms with E-state index in [1.807, 2.05) is 44.2 Å². The largest absolute Gasteiger partial charge is 0.370 e. The summed E-state index contributed by atoms with van der Waals surface area (Å²) in [5.41, 5.74) is 6.17. The van der Waals surface area contributed by atoms with E-state index in [-0.39, 0.29) is 38.3 Å². The zero-order valence-corrected chi connectivity index (χ0v) is 31.7. The van der Waals surface area contributed by atoms with Gasteiger partial charge >= 0.3 is 0 Å². The molecule has 3 heterocycles. The van der Waals surface area contributed by atoms with Gasteiger partial charge in [-0.15, -0.1) is 0 Å². The number of primary amides is 1. The highest BCUT2D eigenvalue weighted by molar-refractivity contribution is 5.98. The summed E-state index contributed by atoms with van der Waals surface area (Å²) in [6, 6.07) is 2.78. The molecule has 0 aromatic heterocycles. The number of hydrogen-bond acceptors (Lipinski definition) is 8. The molecule has 8 atom stereocenters. The van der Waals surface area contributed by atoms with Crippen molar-refractivity contribution in [2.75, 3.05) is 19.6 Å². The van der Waals surface area contributed by atoms with Crippen LogP contribution in [0.3, 0.4) is 0 Å². The Balaban J connectivity index is 1.73. The number of carbonyl (C=O) groups excluding carboxylic acids is 8. The molecule has 0 radical (unpaired) electrons. The average Bonchev–Trinajstić information content (AvgIpc) is 3.86. The molecule has 16 nitrogen and oxygen atoms in total. The maximum atomic E-state index is 14.4. The van der Waals surface area contributed by atoms with Crippen molar-refractivity contribution in [3.63, 3.8) is 0 Å². The minimum absolute atomic E-state index is 0.125. The summed E-state index contributed by atoms with van der Waals surface area (Å²) < 4.78 is 0. The lowest BCUT2D eigenvalue weighted by Gasteiger charge is -2.34. The van der Waals surface area contributed by atoms with Gasteiger partial charge in [0.05, 0.1) is 6.54 Å². The number of amides is 8. The van der Waals surface area contributed by atoms with Gasteiger partial charge in [-0.3, -0.25) is 38.4 Å². The zero-order valence-electron chi connectivity index (χ0n) is 31.7. The molecule has 1 aromatic carbocycles. The molecule has 54 heavy (non-hydrogen) atoms. The Bertz CT molecular complexity index is 1560. The number of carbonyl (C=O) groups is 8. The third-order valence-electron chi connectivity index (χ3n) is 10.9. The van der Waals surface area contributed by atoms with Gasteiger partial charge in [-0.2, -0.15) is 0 Å². The van der Waals surface area contributed by atoms with E-state index in [1.165, 1.54) is 9.80 Å². The Kier molecular flexibility index (Phi) is 15.0. The molecule has 0 saturated carbocycles. The second-order valence-corrected chi connectivity index (χ2v) is 14.7. The van der Waals surface area contributed by atoms with Crippen molar-refractivity contribution in [3.8, 4) is 0 Å². The van der Waals surface area contributed by atoms with Crippen LogP contribution < -0.4 is 32.3 Å². The summed E-state index contributed by atoms with van der Waals surface area (Å²) in [4.78, 5) is 112. The molecular formula is C38H56N8O8. The molecule has 16 heteroatoms. The van der Waals surface area contributed by atoms with Crippen molar-refractivity contribution in [2.24, 2.45) is 17.6 Å². The lowest BCUT2D eigenvalue weighted by atomic mass is 9.96. The van der Waals surface area contributed by atoms with E-state index in [4.69, 9.17) is 5.73 Å². The number of nitrogens with one attached hydrogen (secondary N) is 5. The van der Waals surface area contributed by atoms with Crippen molar-refractivity contribution in [3.05, 3.63) is 35.9 Å². The lowest BCUT2D eigenvalue weighted by Crippen LogP contribution is -2.59.